The number of halogens is 3. The zero-order chi connectivity index (χ0) is 23.8. The smallest absolute Gasteiger partial charge is 0.149 e. The van der Waals surface area contributed by atoms with Crippen molar-refractivity contribution in [3.8, 4) is 11.3 Å². The van der Waals surface area contributed by atoms with Gasteiger partial charge in [0.05, 0.1) is 21.7 Å². The van der Waals surface area contributed by atoms with E-state index in [0.29, 0.717) is 38.7 Å². The normalized spacial score (nSPS) is 18.4. The summed E-state index contributed by atoms with van der Waals surface area (Å²) in [5.41, 5.74) is 3.44. The van der Waals surface area contributed by atoms with Gasteiger partial charge in [0.25, 0.3) is 0 Å². The summed E-state index contributed by atoms with van der Waals surface area (Å²) < 4.78 is 16.8. The van der Waals surface area contributed by atoms with Crippen LogP contribution >= 0.6 is 23.2 Å². The van der Waals surface area contributed by atoms with Crippen LogP contribution in [0.4, 0.5) is 4.39 Å². The fourth-order valence-electron chi connectivity index (χ4n) is 4.76. The van der Waals surface area contributed by atoms with Gasteiger partial charge in [-0.3, -0.25) is 9.97 Å². The third-order valence-electron chi connectivity index (χ3n) is 6.56. The highest BCUT2D eigenvalue weighted by atomic mass is 35.5. The lowest BCUT2D eigenvalue weighted by molar-refractivity contribution is 0.266. The molecule has 4 heterocycles. The number of aromatic nitrogens is 5. The minimum atomic E-state index is -0.437. The fraction of sp³-hybridized carbons (Fsp3) is 0.308. The van der Waals surface area contributed by atoms with E-state index in [4.69, 9.17) is 28.2 Å². The standard InChI is InChI=1S/C26H24Cl2FN5/c1-15-5-7-17(8-6-15)14-34-25-21(32-26(34)16(2)23-20(29)4-3-9-31-23)11-22(28)33-24(25)18-10-19(27)13-30-12-18/h3-4,9-13,15,17H,2,5-8,14H2,1H3/t15-,17-. The third-order valence-corrected chi connectivity index (χ3v) is 6.96. The van der Waals surface area contributed by atoms with Crippen LogP contribution in [0.3, 0.4) is 0 Å². The van der Waals surface area contributed by atoms with Gasteiger partial charge in [0.2, 0.25) is 0 Å². The van der Waals surface area contributed by atoms with Gasteiger partial charge in [-0.05, 0) is 42.9 Å². The molecule has 8 heteroatoms. The highest BCUT2D eigenvalue weighted by molar-refractivity contribution is 6.31. The lowest BCUT2D eigenvalue weighted by Gasteiger charge is -2.27. The van der Waals surface area contributed by atoms with Crippen LogP contribution in [0.25, 0.3) is 27.9 Å². The molecule has 4 aromatic rings. The summed E-state index contributed by atoms with van der Waals surface area (Å²) >= 11 is 12.6. The molecule has 0 unspecified atom stereocenters. The highest BCUT2D eigenvalue weighted by Crippen LogP contribution is 2.36. The van der Waals surface area contributed by atoms with Gasteiger partial charge in [0.1, 0.15) is 22.5 Å². The number of hydrogen-bond donors (Lipinski definition) is 0. The number of nitrogens with zero attached hydrogens (tertiary/aromatic N) is 5. The van der Waals surface area contributed by atoms with Gasteiger partial charge in [-0.25, -0.2) is 14.4 Å². The number of imidazole rings is 1. The molecule has 1 fully saturated rings. The Hall–Kier alpha value is -2.83. The van der Waals surface area contributed by atoms with E-state index in [2.05, 4.69) is 33.0 Å². The maximum absolute atomic E-state index is 14.7. The lowest BCUT2D eigenvalue weighted by atomic mass is 9.83. The molecule has 34 heavy (non-hydrogen) atoms. The van der Waals surface area contributed by atoms with Crippen molar-refractivity contribution in [2.45, 2.75) is 39.2 Å². The first-order valence-electron chi connectivity index (χ1n) is 11.4. The maximum Gasteiger partial charge on any atom is 0.149 e. The van der Waals surface area contributed by atoms with Crippen molar-refractivity contribution in [2.75, 3.05) is 0 Å². The molecule has 1 aliphatic rings. The molecular weight excluding hydrogens is 472 g/mol. The molecule has 0 atom stereocenters. The predicted octanol–water partition coefficient (Wildman–Crippen LogP) is 7.22. The molecule has 0 radical (unpaired) electrons. The topological polar surface area (TPSA) is 56.5 Å². The highest BCUT2D eigenvalue weighted by Gasteiger charge is 2.26. The van der Waals surface area contributed by atoms with Crippen LogP contribution < -0.4 is 0 Å². The van der Waals surface area contributed by atoms with Crippen LogP contribution in [0.5, 0.6) is 0 Å². The summed E-state index contributed by atoms with van der Waals surface area (Å²) in [5.74, 6) is 1.33. The Balaban J connectivity index is 1.72. The van der Waals surface area contributed by atoms with E-state index in [9.17, 15) is 4.39 Å². The summed E-state index contributed by atoms with van der Waals surface area (Å²) in [7, 11) is 0. The first-order valence-corrected chi connectivity index (χ1v) is 12.1. The van der Waals surface area contributed by atoms with E-state index < -0.39 is 5.82 Å². The van der Waals surface area contributed by atoms with E-state index >= 15 is 0 Å². The van der Waals surface area contributed by atoms with Crippen molar-refractivity contribution in [1.82, 2.24) is 24.5 Å². The Bertz CT molecular complexity index is 1380. The van der Waals surface area contributed by atoms with E-state index in [-0.39, 0.29) is 5.69 Å². The summed E-state index contributed by atoms with van der Waals surface area (Å²) in [4.78, 5) is 18.0. The van der Waals surface area contributed by atoms with E-state index in [1.165, 1.54) is 18.9 Å². The molecule has 1 aliphatic carbocycles. The Morgan fingerprint density at radius 2 is 1.94 bits per heavy atom. The van der Waals surface area contributed by atoms with Crippen molar-refractivity contribution in [3.05, 3.63) is 76.9 Å². The molecule has 0 bridgehead atoms. The average Bonchev–Trinajstić information content (AvgIpc) is 3.17. The minimum absolute atomic E-state index is 0.182. The van der Waals surface area contributed by atoms with E-state index in [0.717, 1.165) is 36.4 Å². The SMILES string of the molecule is C=C(c1ncccc1F)c1nc2cc(Cl)nc(-c3cncc(Cl)c3)c2n1C[C@H]1CC[C@H](C)CC1. The van der Waals surface area contributed by atoms with Gasteiger partial charge in [0.15, 0.2) is 0 Å². The fourth-order valence-corrected chi connectivity index (χ4v) is 5.12. The first kappa shape index (κ1) is 22.9. The van der Waals surface area contributed by atoms with Gasteiger partial charge in [-0.15, -0.1) is 0 Å². The summed E-state index contributed by atoms with van der Waals surface area (Å²) in [5, 5.41) is 0.805. The molecule has 0 aliphatic heterocycles. The summed E-state index contributed by atoms with van der Waals surface area (Å²) in [6, 6.07) is 6.47. The second-order valence-electron chi connectivity index (χ2n) is 9.04. The third kappa shape index (κ3) is 4.44. The Kier molecular flexibility index (Phi) is 6.36. The largest absolute Gasteiger partial charge is 0.322 e. The number of hydrogen-bond acceptors (Lipinski definition) is 4. The molecule has 0 aromatic carbocycles. The predicted molar refractivity (Wildman–Crippen MR) is 134 cm³/mol. The van der Waals surface area contributed by atoms with Gasteiger partial charge in [0, 0.05) is 42.3 Å². The average molecular weight is 496 g/mol. The van der Waals surface area contributed by atoms with Crippen molar-refractivity contribution < 1.29 is 4.39 Å². The Morgan fingerprint density at radius 3 is 2.68 bits per heavy atom. The second-order valence-corrected chi connectivity index (χ2v) is 9.86. The molecule has 174 valence electrons. The molecule has 5 nitrogen and oxygen atoms in total. The van der Waals surface area contributed by atoms with Crippen molar-refractivity contribution in [3.63, 3.8) is 0 Å². The van der Waals surface area contributed by atoms with Crippen LogP contribution in [0.2, 0.25) is 10.2 Å². The van der Waals surface area contributed by atoms with Gasteiger partial charge in [-0.2, -0.15) is 0 Å². The summed E-state index contributed by atoms with van der Waals surface area (Å²) in [6.07, 6.45) is 9.47. The first-order chi connectivity index (χ1) is 16.4. The van der Waals surface area contributed by atoms with Crippen molar-refractivity contribution >= 4 is 39.8 Å². The number of pyridine rings is 3. The van der Waals surface area contributed by atoms with Crippen LogP contribution in [-0.4, -0.2) is 24.5 Å². The lowest BCUT2D eigenvalue weighted by Crippen LogP contribution is -2.19. The van der Waals surface area contributed by atoms with Crippen molar-refractivity contribution in [2.24, 2.45) is 11.8 Å². The molecule has 0 spiro atoms. The van der Waals surface area contributed by atoms with Crippen molar-refractivity contribution in [1.29, 1.82) is 0 Å². The molecule has 0 saturated heterocycles. The zero-order valence-corrected chi connectivity index (χ0v) is 20.3. The van der Waals surface area contributed by atoms with Crippen LogP contribution in [0.1, 0.15) is 44.1 Å². The second kappa shape index (κ2) is 9.43. The molecule has 4 aromatic heterocycles. The quantitative estimate of drug-likeness (QED) is 0.274. The van der Waals surface area contributed by atoms with Crippen LogP contribution in [-0.2, 0) is 6.54 Å². The molecule has 0 N–H and O–H groups in total. The molecule has 0 amide bonds. The number of fused-ring (bicyclic) bond motifs is 1. The van der Waals surface area contributed by atoms with Gasteiger partial charge >= 0.3 is 0 Å². The summed E-state index contributed by atoms with van der Waals surface area (Å²) in [6.45, 7) is 7.20. The number of rotatable bonds is 5. The van der Waals surface area contributed by atoms with Gasteiger partial charge < -0.3 is 4.57 Å². The molecular formula is C26H24Cl2FN5. The monoisotopic (exact) mass is 495 g/mol. The van der Waals surface area contributed by atoms with E-state index in [1.807, 2.05) is 0 Å². The van der Waals surface area contributed by atoms with Crippen LogP contribution in [0, 0.1) is 17.7 Å². The Labute approximate surface area is 207 Å². The van der Waals surface area contributed by atoms with Crippen LogP contribution in [0.15, 0.2) is 49.4 Å². The zero-order valence-electron chi connectivity index (χ0n) is 18.8. The maximum atomic E-state index is 14.7. The Morgan fingerprint density at radius 1 is 1.15 bits per heavy atom. The van der Waals surface area contributed by atoms with E-state index in [1.54, 1.807) is 36.8 Å². The minimum Gasteiger partial charge on any atom is -0.322 e. The molecule has 5 rings (SSSR count). The molecule has 1 saturated carbocycles. The van der Waals surface area contributed by atoms with Gasteiger partial charge in [-0.1, -0.05) is 49.5 Å².